The van der Waals surface area contributed by atoms with E-state index in [1.807, 2.05) is 0 Å². The molecule has 0 aliphatic carbocycles. The summed E-state index contributed by atoms with van der Waals surface area (Å²) in [7, 11) is 0. The van der Waals surface area contributed by atoms with Gasteiger partial charge in [-0.15, -0.1) is 0 Å². The fourth-order valence-electron chi connectivity index (χ4n) is 2.86. The Morgan fingerprint density at radius 3 is 2.50 bits per heavy atom. The van der Waals surface area contributed by atoms with Crippen LogP contribution in [-0.2, 0) is 4.74 Å². The highest BCUT2D eigenvalue weighted by molar-refractivity contribution is 5.86. The molecule has 28 heavy (non-hydrogen) atoms. The van der Waals surface area contributed by atoms with Crippen LogP contribution in [0.1, 0.15) is 13.8 Å². The van der Waals surface area contributed by atoms with Gasteiger partial charge in [0.05, 0.1) is 18.1 Å². The summed E-state index contributed by atoms with van der Waals surface area (Å²) in [5.41, 5.74) is -0.871. The van der Waals surface area contributed by atoms with Gasteiger partial charge in [0.25, 0.3) is 0 Å². The number of benzene rings is 1. The van der Waals surface area contributed by atoms with Crippen LogP contribution in [0.25, 0.3) is 11.0 Å². The maximum absolute atomic E-state index is 12.1. The molecule has 1 saturated heterocycles. The van der Waals surface area contributed by atoms with Crippen molar-refractivity contribution in [2.45, 2.75) is 50.7 Å². The molecule has 10 heteroatoms. The maximum Gasteiger partial charge on any atom is 0.383 e. The molecule has 5 N–H and O–H groups in total. The van der Waals surface area contributed by atoms with Gasteiger partial charge >= 0.3 is 5.63 Å². The summed E-state index contributed by atoms with van der Waals surface area (Å²) in [5.74, 6) is -0.582. The van der Waals surface area contributed by atoms with Gasteiger partial charge in [-0.05, 0) is 26.0 Å². The van der Waals surface area contributed by atoms with E-state index < -0.39 is 42.9 Å². The van der Waals surface area contributed by atoms with Crippen molar-refractivity contribution in [3.05, 3.63) is 28.6 Å². The number of fused-ring (bicyclic) bond motifs is 1. The Morgan fingerprint density at radius 1 is 1.14 bits per heavy atom. The molecule has 1 aromatic carbocycles. The van der Waals surface area contributed by atoms with Crippen LogP contribution < -0.4 is 15.1 Å². The molecule has 1 aliphatic rings. The lowest BCUT2D eigenvalue weighted by atomic mass is 9.99. The third kappa shape index (κ3) is 3.77. The van der Waals surface area contributed by atoms with Crippen LogP contribution in [0, 0.1) is 0 Å². The predicted octanol–water partition coefficient (Wildman–Crippen LogP) is -0.536. The van der Waals surface area contributed by atoms with E-state index in [2.05, 4.69) is 0 Å². The van der Waals surface area contributed by atoms with Gasteiger partial charge in [0.15, 0.2) is 5.75 Å². The van der Waals surface area contributed by atoms with Gasteiger partial charge in [-0.2, -0.15) is 0 Å². The van der Waals surface area contributed by atoms with Crippen molar-refractivity contribution in [2.75, 3.05) is 6.61 Å². The number of rotatable bonds is 5. The molecule has 5 atom stereocenters. The molecular formula is C18H22O10. The van der Waals surface area contributed by atoms with Crippen molar-refractivity contribution in [3.8, 4) is 17.2 Å². The molecule has 1 aliphatic heterocycles. The van der Waals surface area contributed by atoms with Gasteiger partial charge in [0, 0.05) is 6.07 Å². The summed E-state index contributed by atoms with van der Waals surface area (Å²) in [6.45, 7) is 2.80. The first-order valence-corrected chi connectivity index (χ1v) is 8.66. The second kappa shape index (κ2) is 7.94. The zero-order chi connectivity index (χ0) is 20.6. The second-order valence-corrected chi connectivity index (χ2v) is 6.71. The number of ether oxygens (including phenoxy) is 3. The Labute approximate surface area is 159 Å². The molecule has 2 heterocycles. The minimum absolute atomic E-state index is 0.000645. The molecule has 0 radical (unpaired) electrons. The highest BCUT2D eigenvalue weighted by Crippen LogP contribution is 2.34. The lowest BCUT2D eigenvalue weighted by molar-refractivity contribution is -0.277. The average molecular weight is 398 g/mol. The molecule has 0 amide bonds. The van der Waals surface area contributed by atoms with E-state index in [1.165, 1.54) is 18.2 Å². The Morgan fingerprint density at radius 2 is 1.86 bits per heavy atom. The topological polar surface area (TPSA) is 159 Å². The smallest absolute Gasteiger partial charge is 0.383 e. The minimum atomic E-state index is -1.59. The first-order valence-electron chi connectivity index (χ1n) is 8.66. The van der Waals surface area contributed by atoms with Gasteiger partial charge in [0.1, 0.15) is 35.7 Å². The lowest BCUT2D eigenvalue weighted by Crippen LogP contribution is -2.60. The Bertz CT molecular complexity index is 890. The summed E-state index contributed by atoms with van der Waals surface area (Å²) < 4.78 is 21.2. The Hall–Kier alpha value is -2.37. The molecule has 3 rings (SSSR count). The van der Waals surface area contributed by atoms with E-state index >= 15 is 0 Å². The van der Waals surface area contributed by atoms with Crippen LogP contribution in [0.3, 0.4) is 0 Å². The number of aliphatic hydroxyl groups is 4. The van der Waals surface area contributed by atoms with E-state index in [-0.39, 0.29) is 34.3 Å². The van der Waals surface area contributed by atoms with Crippen LogP contribution in [0.4, 0.5) is 0 Å². The third-order valence-corrected chi connectivity index (χ3v) is 4.27. The summed E-state index contributed by atoms with van der Waals surface area (Å²) in [4.78, 5) is 12.1. The SMILES string of the molecule is CC(C)Oc1c(O)c2ccc(O[C@H]3O[C@H](CO)[C@@H](O)[C@H](O)[C@@H]3O)cc2oc1=O. The number of aromatic hydroxyl groups is 1. The zero-order valence-corrected chi connectivity index (χ0v) is 15.2. The van der Waals surface area contributed by atoms with Gasteiger partial charge in [-0.1, -0.05) is 0 Å². The molecule has 154 valence electrons. The summed E-state index contributed by atoms with van der Waals surface area (Å²) in [5, 5.41) is 49.3. The van der Waals surface area contributed by atoms with Gasteiger partial charge in [-0.3, -0.25) is 0 Å². The highest BCUT2D eigenvalue weighted by Gasteiger charge is 2.44. The maximum atomic E-state index is 12.1. The van der Waals surface area contributed by atoms with Crippen molar-refractivity contribution in [1.82, 2.24) is 0 Å². The Kier molecular flexibility index (Phi) is 5.77. The van der Waals surface area contributed by atoms with E-state index in [1.54, 1.807) is 13.8 Å². The molecule has 0 bridgehead atoms. The molecule has 0 saturated carbocycles. The second-order valence-electron chi connectivity index (χ2n) is 6.71. The molecule has 1 aromatic heterocycles. The first-order chi connectivity index (χ1) is 13.2. The third-order valence-electron chi connectivity index (χ3n) is 4.27. The van der Waals surface area contributed by atoms with Crippen molar-refractivity contribution in [3.63, 3.8) is 0 Å². The zero-order valence-electron chi connectivity index (χ0n) is 15.2. The molecular weight excluding hydrogens is 376 g/mol. The highest BCUT2D eigenvalue weighted by atomic mass is 16.7. The first kappa shape index (κ1) is 20.4. The molecule has 0 spiro atoms. The quantitative estimate of drug-likeness (QED) is 0.414. The lowest BCUT2D eigenvalue weighted by Gasteiger charge is -2.39. The summed E-state index contributed by atoms with van der Waals surface area (Å²) in [6, 6.07) is 4.12. The van der Waals surface area contributed by atoms with E-state index in [0.717, 1.165) is 0 Å². The van der Waals surface area contributed by atoms with Crippen molar-refractivity contribution >= 4 is 11.0 Å². The van der Waals surface area contributed by atoms with E-state index in [9.17, 15) is 30.3 Å². The number of aliphatic hydroxyl groups excluding tert-OH is 4. The average Bonchev–Trinajstić information content (AvgIpc) is 2.65. The Balaban J connectivity index is 1.89. The van der Waals surface area contributed by atoms with Crippen molar-refractivity contribution in [1.29, 1.82) is 0 Å². The van der Waals surface area contributed by atoms with Crippen LogP contribution in [-0.4, -0.2) is 68.9 Å². The fraction of sp³-hybridized carbons (Fsp3) is 0.500. The predicted molar refractivity (Wildman–Crippen MR) is 94.3 cm³/mol. The van der Waals surface area contributed by atoms with Crippen molar-refractivity contribution < 1.29 is 44.2 Å². The van der Waals surface area contributed by atoms with Crippen LogP contribution in [0.15, 0.2) is 27.4 Å². The number of hydrogen-bond donors (Lipinski definition) is 5. The summed E-state index contributed by atoms with van der Waals surface area (Å²) in [6.07, 6.45) is -7.55. The van der Waals surface area contributed by atoms with E-state index in [0.29, 0.717) is 0 Å². The van der Waals surface area contributed by atoms with E-state index in [4.69, 9.17) is 18.6 Å². The molecule has 10 nitrogen and oxygen atoms in total. The molecule has 2 aromatic rings. The monoisotopic (exact) mass is 398 g/mol. The largest absolute Gasteiger partial charge is 0.504 e. The van der Waals surface area contributed by atoms with Gasteiger partial charge < -0.3 is 44.2 Å². The number of hydrogen-bond acceptors (Lipinski definition) is 10. The van der Waals surface area contributed by atoms with Crippen LogP contribution >= 0.6 is 0 Å². The standard InChI is InChI=1S/C18H22O10/c1-7(2)25-16-12(20)9-4-3-8(5-10(9)27-17(16)24)26-18-15(23)14(22)13(21)11(6-19)28-18/h3-5,7,11,13-15,18-23H,6H2,1-2H3/t11-,13-,14+,15+,18+/m1/s1. The van der Waals surface area contributed by atoms with Crippen LogP contribution in [0.5, 0.6) is 17.2 Å². The van der Waals surface area contributed by atoms with Crippen molar-refractivity contribution in [2.24, 2.45) is 0 Å². The summed E-state index contributed by atoms with van der Waals surface area (Å²) >= 11 is 0. The van der Waals surface area contributed by atoms with Gasteiger partial charge in [0.2, 0.25) is 12.0 Å². The minimum Gasteiger partial charge on any atom is -0.504 e. The fourth-order valence-corrected chi connectivity index (χ4v) is 2.86. The molecule has 1 fully saturated rings. The normalized spacial score (nSPS) is 27.9. The van der Waals surface area contributed by atoms with Gasteiger partial charge in [-0.25, -0.2) is 4.79 Å². The van der Waals surface area contributed by atoms with Crippen LogP contribution in [0.2, 0.25) is 0 Å². The molecule has 0 unspecified atom stereocenters.